The zero-order valence-corrected chi connectivity index (χ0v) is 20.0. The Bertz CT molecular complexity index is 1640. The first-order valence-corrected chi connectivity index (χ1v) is 12.2. The number of para-hydroxylation sites is 2. The van der Waals surface area contributed by atoms with E-state index in [2.05, 4.69) is 6.92 Å². The molecule has 0 radical (unpaired) electrons. The van der Waals surface area contributed by atoms with E-state index in [9.17, 15) is 4.79 Å². The number of nitrogens with zero attached hydrogens (tertiary/aromatic N) is 5. The second kappa shape index (κ2) is 8.69. The van der Waals surface area contributed by atoms with Crippen molar-refractivity contribution in [1.82, 2.24) is 24.1 Å². The Kier molecular flexibility index (Phi) is 5.36. The summed E-state index contributed by atoms with van der Waals surface area (Å²) in [6.45, 7) is 5.58. The molecule has 0 aliphatic carbocycles. The zero-order valence-electron chi connectivity index (χ0n) is 20.0. The molecule has 2 aromatic carbocycles. The largest absolute Gasteiger partial charge is 0.454 e. The predicted molar refractivity (Wildman–Crippen MR) is 135 cm³/mol. The van der Waals surface area contributed by atoms with Crippen LogP contribution in [0.4, 0.5) is 0 Å². The van der Waals surface area contributed by atoms with Gasteiger partial charge >= 0.3 is 0 Å². The molecule has 8 heteroatoms. The van der Waals surface area contributed by atoms with Crippen molar-refractivity contribution in [2.45, 2.75) is 52.6 Å². The van der Waals surface area contributed by atoms with E-state index < -0.39 is 0 Å². The van der Waals surface area contributed by atoms with Crippen molar-refractivity contribution < 1.29 is 9.47 Å². The maximum Gasteiger partial charge on any atom is 0.265 e. The molecule has 0 amide bonds. The van der Waals surface area contributed by atoms with Crippen LogP contribution in [0, 0.1) is 0 Å². The fraction of sp³-hybridized carbons (Fsp3) is 0.333. The number of benzene rings is 2. The van der Waals surface area contributed by atoms with Crippen LogP contribution in [0.5, 0.6) is 11.5 Å². The highest BCUT2D eigenvalue weighted by Crippen LogP contribution is 2.34. The number of hydrogen-bond acceptors (Lipinski definition) is 6. The van der Waals surface area contributed by atoms with E-state index >= 15 is 0 Å². The standard InChI is InChI=1S/C27H27N5O3/c1-3-5-8-13-31-22(4-2)30-25-23(27(31)33)24-26(29-19-10-7-6-9-18(19)28-24)32(25)15-17-11-12-20-21(14-17)35-16-34-20/h6-7,9-12,14H,3-5,8,13,15-16H2,1-2H3. The molecule has 0 saturated heterocycles. The average Bonchev–Trinajstić information content (AvgIpc) is 3.46. The zero-order chi connectivity index (χ0) is 23.9. The van der Waals surface area contributed by atoms with Crippen LogP contribution in [0.3, 0.4) is 0 Å². The van der Waals surface area contributed by atoms with Crippen molar-refractivity contribution >= 4 is 33.2 Å². The first kappa shape index (κ1) is 21.6. The lowest BCUT2D eigenvalue weighted by atomic mass is 10.2. The molecule has 178 valence electrons. The smallest absolute Gasteiger partial charge is 0.265 e. The summed E-state index contributed by atoms with van der Waals surface area (Å²) in [5, 5.41) is 0.535. The summed E-state index contributed by atoms with van der Waals surface area (Å²) in [5.74, 6) is 2.25. The Labute approximate surface area is 202 Å². The van der Waals surface area contributed by atoms with Gasteiger partial charge in [0, 0.05) is 13.0 Å². The number of aromatic nitrogens is 5. The molecule has 5 aromatic rings. The molecule has 3 aromatic heterocycles. The van der Waals surface area contributed by atoms with Crippen LogP contribution in [0.15, 0.2) is 47.3 Å². The van der Waals surface area contributed by atoms with Crippen LogP contribution < -0.4 is 15.0 Å². The third-order valence-corrected chi connectivity index (χ3v) is 6.61. The van der Waals surface area contributed by atoms with E-state index in [0.29, 0.717) is 41.7 Å². The molecular formula is C27H27N5O3. The van der Waals surface area contributed by atoms with Gasteiger partial charge in [-0.1, -0.05) is 44.9 Å². The Hall–Kier alpha value is -3.94. The summed E-state index contributed by atoms with van der Waals surface area (Å²) in [5.41, 5.74) is 4.41. The highest BCUT2D eigenvalue weighted by Gasteiger charge is 2.22. The molecule has 0 fully saturated rings. The third-order valence-electron chi connectivity index (χ3n) is 6.61. The first-order valence-electron chi connectivity index (χ1n) is 12.2. The van der Waals surface area contributed by atoms with Gasteiger partial charge in [0.1, 0.15) is 16.7 Å². The van der Waals surface area contributed by atoms with Gasteiger partial charge in [-0.3, -0.25) is 9.36 Å². The van der Waals surface area contributed by atoms with Crippen LogP contribution in [-0.2, 0) is 19.5 Å². The number of fused-ring (bicyclic) bond motifs is 5. The SMILES string of the molecule is CCCCCn1c(CC)nc2c(c1=O)c1nc3ccccc3nc1n2Cc1ccc2c(c1)OCO2. The first-order chi connectivity index (χ1) is 17.2. The van der Waals surface area contributed by atoms with Crippen molar-refractivity contribution in [2.75, 3.05) is 6.79 Å². The minimum Gasteiger partial charge on any atom is -0.454 e. The quantitative estimate of drug-likeness (QED) is 0.318. The summed E-state index contributed by atoms with van der Waals surface area (Å²) in [6, 6.07) is 13.6. The molecule has 0 N–H and O–H groups in total. The topological polar surface area (TPSA) is 84.1 Å². The lowest BCUT2D eigenvalue weighted by molar-refractivity contribution is 0.174. The molecule has 4 heterocycles. The van der Waals surface area contributed by atoms with Gasteiger partial charge in [0.2, 0.25) is 6.79 Å². The molecule has 0 atom stereocenters. The van der Waals surface area contributed by atoms with Gasteiger partial charge in [0.05, 0.1) is 17.6 Å². The van der Waals surface area contributed by atoms with Gasteiger partial charge < -0.3 is 14.0 Å². The maximum absolute atomic E-state index is 13.9. The lowest BCUT2D eigenvalue weighted by Crippen LogP contribution is -2.25. The highest BCUT2D eigenvalue weighted by atomic mass is 16.7. The van der Waals surface area contributed by atoms with E-state index in [0.717, 1.165) is 53.2 Å². The average molecular weight is 470 g/mol. The Balaban J connectivity index is 1.61. The summed E-state index contributed by atoms with van der Waals surface area (Å²) in [6.07, 6.45) is 3.79. The fourth-order valence-corrected chi connectivity index (χ4v) is 4.83. The van der Waals surface area contributed by atoms with Gasteiger partial charge in [0.15, 0.2) is 22.8 Å². The van der Waals surface area contributed by atoms with Crippen LogP contribution >= 0.6 is 0 Å². The molecule has 6 rings (SSSR count). The van der Waals surface area contributed by atoms with Crippen molar-refractivity contribution in [3.63, 3.8) is 0 Å². The normalized spacial score (nSPS) is 12.9. The second-order valence-electron chi connectivity index (χ2n) is 8.90. The van der Waals surface area contributed by atoms with Crippen molar-refractivity contribution in [3.8, 4) is 11.5 Å². The molecular weight excluding hydrogens is 442 g/mol. The van der Waals surface area contributed by atoms with Crippen LogP contribution in [-0.4, -0.2) is 30.9 Å². The molecule has 8 nitrogen and oxygen atoms in total. The molecule has 1 aliphatic rings. The molecule has 0 unspecified atom stereocenters. The van der Waals surface area contributed by atoms with Gasteiger partial charge in [-0.2, -0.15) is 0 Å². The Morgan fingerprint density at radius 3 is 2.49 bits per heavy atom. The van der Waals surface area contributed by atoms with E-state index in [-0.39, 0.29) is 12.4 Å². The van der Waals surface area contributed by atoms with Crippen LogP contribution in [0.1, 0.15) is 44.5 Å². The Morgan fingerprint density at radius 2 is 1.69 bits per heavy atom. The maximum atomic E-state index is 13.9. The number of unbranched alkanes of at least 4 members (excludes halogenated alkanes) is 2. The van der Waals surface area contributed by atoms with E-state index in [1.165, 1.54) is 0 Å². The van der Waals surface area contributed by atoms with Crippen molar-refractivity contribution in [2.24, 2.45) is 0 Å². The van der Waals surface area contributed by atoms with Crippen molar-refractivity contribution in [3.05, 3.63) is 64.2 Å². The third kappa shape index (κ3) is 3.60. The summed E-state index contributed by atoms with van der Waals surface area (Å²) >= 11 is 0. The van der Waals surface area contributed by atoms with Gasteiger partial charge in [-0.05, 0) is 36.2 Å². The fourth-order valence-electron chi connectivity index (χ4n) is 4.83. The number of ether oxygens (including phenoxy) is 2. The van der Waals surface area contributed by atoms with E-state index in [4.69, 9.17) is 24.4 Å². The van der Waals surface area contributed by atoms with E-state index in [1.807, 2.05) is 58.5 Å². The molecule has 0 spiro atoms. The van der Waals surface area contributed by atoms with Crippen LogP contribution in [0.25, 0.3) is 33.2 Å². The van der Waals surface area contributed by atoms with Crippen LogP contribution in [0.2, 0.25) is 0 Å². The molecule has 35 heavy (non-hydrogen) atoms. The van der Waals surface area contributed by atoms with Gasteiger partial charge in [-0.25, -0.2) is 15.0 Å². The van der Waals surface area contributed by atoms with Gasteiger partial charge in [0.25, 0.3) is 5.56 Å². The number of hydrogen-bond donors (Lipinski definition) is 0. The summed E-state index contributed by atoms with van der Waals surface area (Å²) in [7, 11) is 0. The predicted octanol–water partition coefficient (Wildman–Crippen LogP) is 4.82. The monoisotopic (exact) mass is 469 g/mol. The number of rotatable bonds is 7. The minimum absolute atomic E-state index is 0.0398. The molecule has 1 aliphatic heterocycles. The van der Waals surface area contributed by atoms with E-state index in [1.54, 1.807) is 0 Å². The van der Waals surface area contributed by atoms with Gasteiger partial charge in [-0.15, -0.1) is 0 Å². The summed E-state index contributed by atoms with van der Waals surface area (Å²) in [4.78, 5) is 28.7. The lowest BCUT2D eigenvalue weighted by Gasteiger charge is -2.12. The minimum atomic E-state index is -0.0398. The molecule has 0 bridgehead atoms. The second-order valence-corrected chi connectivity index (χ2v) is 8.90. The highest BCUT2D eigenvalue weighted by molar-refractivity contribution is 6.04. The molecule has 0 saturated carbocycles. The van der Waals surface area contributed by atoms with Crippen molar-refractivity contribution in [1.29, 1.82) is 0 Å². The number of aryl methyl sites for hydroxylation is 1. The Morgan fingerprint density at radius 1 is 0.886 bits per heavy atom. The summed E-state index contributed by atoms with van der Waals surface area (Å²) < 4.78 is 14.9.